The van der Waals surface area contributed by atoms with Gasteiger partial charge in [-0.25, -0.2) is 10.1 Å². The second-order valence-electron chi connectivity index (χ2n) is 3.99. The van der Waals surface area contributed by atoms with Gasteiger partial charge >= 0.3 is 0 Å². The van der Waals surface area contributed by atoms with Gasteiger partial charge in [-0.2, -0.15) is 0 Å². The molecule has 1 aromatic carbocycles. The molecule has 0 fully saturated rings. The van der Waals surface area contributed by atoms with E-state index in [0.717, 1.165) is 16.8 Å². The maximum Gasteiger partial charge on any atom is 0.153 e. The van der Waals surface area contributed by atoms with E-state index in [1.807, 2.05) is 32.2 Å². The van der Waals surface area contributed by atoms with Crippen LogP contribution < -0.4 is 11.3 Å². The molecule has 5 nitrogen and oxygen atoms in total. The highest BCUT2D eigenvalue weighted by atomic mass is 79.9. The van der Waals surface area contributed by atoms with Crippen LogP contribution in [0.3, 0.4) is 0 Å². The number of hydrogen-bond acceptors (Lipinski definition) is 4. The van der Waals surface area contributed by atoms with Gasteiger partial charge in [0.1, 0.15) is 0 Å². The molecule has 0 aliphatic carbocycles. The Balaban J connectivity index is 2.55. The van der Waals surface area contributed by atoms with Crippen molar-refractivity contribution in [3.8, 4) is 0 Å². The van der Waals surface area contributed by atoms with Crippen molar-refractivity contribution < 1.29 is 0 Å². The minimum Gasteiger partial charge on any atom is -0.271 e. The van der Waals surface area contributed by atoms with Crippen molar-refractivity contribution in [1.29, 1.82) is 0 Å². The number of rotatable bonds is 3. The van der Waals surface area contributed by atoms with Crippen molar-refractivity contribution in [3.63, 3.8) is 0 Å². The number of aryl methyl sites for hydroxylation is 2. The predicted octanol–water partition coefficient (Wildman–Crippen LogP) is 2.09. The van der Waals surface area contributed by atoms with Gasteiger partial charge in [0.05, 0.1) is 11.7 Å². The molecule has 1 heterocycles. The minimum absolute atomic E-state index is 0.224. The molecule has 1 aromatic heterocycles. The highest BCUT2D eigenvalue weighted by Gasteiger charge is 2.22. The number of nitrogens with one attached hydrogen (secondary N) is 1. The number of benzene rings is 1. The lowest BCUT2D eigenvalue weighted by molar-refractivity contribution is 0.567. The second-order valence-corrected chi connectivity index (χ2v) is 5.18. The molecule has 3 N–H and O–H groups in total. The first-order valence-electron chi connectivity index (χ1n) is 5.32. The molecule has 2 rings (SSSR count). The summed E-state index contributed by atoms with van der Waals surface area (Å²) in [6.45, 7) is 2.01. The number of aromatic nitrogens is 3. The number of hydrogen-bond donors (Lipinski definition) is 2. The van der Waals surface area contributed by atoms with Crippen molar-refractivity contribution in [2.45, 2.75) is 13.0 Å². The predicted molar refractivity (Wildman–Crippen MR) is 74.1 cm³/mol. The Morgan fingerprint density at radius 2 is 2.22 bits per heavy atom. The SMILES string of the molecule is Cc1ccc(Cl)cc1C(NN)c1c(Br)nnn1C. The molecule has 1 atom stereocenters. The van der Waals surface area contributed by atoms with E-state index in [2.05, 4.69) is 31.7 Å². The normalized spacial score (nSPS) is 12.7. The molecule has 0 saturated carbocycles. The van der Waals surface area contributed by atoms with Crippen LogP contribution in [-0.2, 0) is 7.05 Å². The van der Waals surface area contributed by atoms with E-state index in [-0.39, 0.29) is 6.04 Å². The lowest BCUT2D eigenvalue weighted by Gasteiger charge is -2.19. The Kier molecular flexibility index (Phi) is 4.01. The van der Waals surface area contributed by atoms with Crippen LogP contribution in [0.25, 0.3) is 0 Å². The van der Waals surface area contributed by atoms with Crippen molar-refractivity contribution in [3.05, 3.63) is 44.6 Å². The fourth-order valence-electron chi connectivity index (χ4n) is 1.88. The number of nitrogens with two attached hydrogens (primary N) is 1. The summed E-state index contributed by atoms with van der Waals surface area (Å²) in [6.07, 6.45) is 0. The van der Waals surface area contributed by atoms with Crippen molar-refractivity contribution >= 4 is 27.5 Å². The van der Waals surface area contributed by atoms with Crippen LogP contribution in [-0.4, -0.2) is 15.0 Å². The average Bonchev–Trinajstić information content (AvgIpc) is 2.66. The zero-order valence-electron chi connectivity index (χ0n) is 9.98. The summed E-state index contributed by atoms with van der Waals surface area (Å²) < 4.78 is 2.34. The largest absolute Gasteiger partial charge is 0.271 e. The minimum atomic E-state index is -0.224. The molecule has 0 spiro atoms. The van der Waals surface area contributed by atoms with Gasteiger partial charge in [0.25, 0.3) is 0 Å². The summed E-state index contributed by atoms with van der Waals surface area (Å²) in [6, 6.07) is 5.48. The zero-order valence-corrected chi connectivity index (χ0v) is 12.3. The molecule has 18 heavy (non-hydrogen) atoms. The third-order valence-corrected chi connectivity index (χ3v) is 3.62. The van der Waals surface area contributed by atoms with Gasteiger partial charge in [-0.05, 0) is 46.1 Å². The molecule has 7 heteroatoms. The van der Waals surface area contributed by atoms with Gasteiger partial charge in [0, 0.05) is 12.1 Å². The summed E-state index contributed by atoms with van der Waals surface area (Å²) in [5.41, 5.74) is 5.72. The van der Waals surface area contributed by atoms with E-state index in [9.17, 15) is 0 Å². The Morgan fingerprint density at radius 3 is 2.78 bits per heavy atom. The van der Waals surface area contributed by atoms with Crippen LogP contribution in [0, 0.1) is 6.92 Å². The first-order chi connectivity index (χ1) is 8.54. The lowest BCUT2D eigenvalue weighted by Crippen LogP contribution is -2.31. The highest BCUT2D eigenvalue weighted by molar-refractivity contribution is 9.10. The second kappa shape index (κ2) is 5.36. The lowest BCUT2D eigenvalue weighted by atomic mass is 9.99. The van der Waals surface area contributed by atoms with Crippen LogP contribution >= 0.6 is 27.5 Å². The fraction of sp³-hybridized carbons (Fsp3) is 0.273. The van der Waals surface area contributed by atoms with Gasteiger partial charge in [0.15, 0.2) is 4.60 Å². The molecular formula is C11H13BrClN5. The van der Waals surface area contributed by atoms with E-state index in [4.69, 9.17) is 17.4 Å². The molecule has 2 aromatic rings. The molecule has 0 aliphatic heterocycles. The molecule has 0 amide bonds. The van der Waals surface area contributed by atoms with Crippen LogP contribution in [0.2, 0.25) is 5.02 Å². The summed E-state index contributed by atoms with van der Waals surface area (Å²) in [5.74, 6) is 5.67. The van der Waals surface area contributed by atoms with E-state index < -0.39 is 0 Å². The Labute approximate surface area is 118 Å². The van der Waals surface area contributed by atoms with Crippen molar-refractivity contribution in [1.82, 2.24) is 20.4 Å². The average molecular weight is 331 g/mol. The molecule has 0 saturated heterocycles. The monoisotopic (exact) mass is 329 g/mol. The van der Waals surface area contributed by atoms with Crippen LogP contribution in [0.4, 0.5) is 0 Å². The standard InChI is InChI=1S/C11H13BrClN5/c1-6-3-4-7(13)5-8(6)9(15-14)10-11(12)16-17-18(10)2/h3-5,9,15H,14H2,1-2H3. The number of hydrazine groups is 1. The summed E-state index contributed by atoms with van der Waals surface area (Å²) in [7, 11) is 1.82. The smallest absolute Gasteiger partial charge is 0.153 e. The van der Waals surface area contributed by atoms with E-state index in [1.165, 1.54) is 0 Å². The first kappa shape index (κ1) is 13.5. The topological polar surface area (TPSA) is 68.8 Å². The Hall–Kier alpha value is -0.950. The van der Waals surface area contributed by atoms with Gasteiger partial charge in [-0.15, -0.1) is 5.10 Å². The van der Waals surface area contributed by atoms with Gasteiger partial charge in [-0.3, -0.25) is 5.84 Å². The summed E-state index contributed by atoms with van der Waals surface area (Å²) in [4.78, 5) is 0. The third kappa shape index (κ3) is 2.42. The molecule has 96 valence electrons. The molecule has 0 bridgehead atoms. The third-order valence-electron chi connectivity index (χ3n) is 2.82. The van der Waals surface area contributed by atoms with E-state index in [1.54, 1.807) is 4.68 Å². The highest BCUT2D eigenvalue weighted by Crippen LogP contribution is 2.29. The maximum absolute atomic E-state index is 6.04. The molecule has 1 unspecified atom stereocenters. The maximum atomic E-state index is 6.04. The first-order valence-corrected chi connectivity index (χ1v) is 6.49. The molecular weight excluding hydrogens is 318 g/mol. The number of halogens is 2. The van der Waals surface area contributed by atoms with E-state index in [0.29, 0.717) is 9.63 Å². The zero-order chi connectivity index (χ0) is 13.3. The van der Waals surface area contributed by atoms with Crippen LogP contribution in [0.5, 0.6) is 0 Å². The molecule has 0 radical (unpaired) electrons. The quantitative estimate of drug-likeness (QED) is 0.668. The fourth-order valence-corrected chi connectivity index (χ4v) is 2.62. The van der Waals surface area contributed by atoms with Crippen molar-refractivity contribution in [2.75, 3.05) is 0 Å². The van der Waals surface area contributed by atoms with Gasteiger partial charge in [0.2, 0.25) is 0 Å². The Morgan fingerprint density at radius 1 is 1.50 bits per heavy atom. The van der Waals surface area contributed by atoms with Crippen LogP contribution in [0.15, 0.2) is 22.8 Å². The van der Waals surface area contributed by atoms with Crippen molar-refractivity contribution in [2.24, 2.45) is 12.9 Å². The van der Waals surface area contributed by atoms with Gasteiger partial charge in [-0.1, -0.05) is 22.9 Å². The van der Waals surface area contributed by atoms with Crippen LogP contribution in [0.1, 0.15) is 22.9 Å². The summed E-state index contributed by atoms with van der Waals surface area (Å²) >= 11 is 9.42. The summed E-state index contributed by atoms with van der Waals surface area (Å²) in [5, 5.41) is 8.59. The molecule has 0 aliphatic rings. The Bertz CT molecular complexity index is 549. The van der Waals surface area contributed by atoms with Gasteiger partial charge < -0.3 is 0 Å². The number of nitrogens with zero attached hydrogens (tertiary/aromatic N) is 3. The van der Waals surface area contributed by atoms with E-state index >= 15 is 0 Å².